The maximum Gasteiger partial charge on any atom is 0.0872 e. The fourth-order valence-electron chi connectivity index (χ4n) is 1.14. The predicted molar refractivity (Wildman–Crippen MR) is 46.7 cm³/mol. The molecule has 1 aliphatic rings. The number of nitrogens with one attached hydrogen (secondary N) is 1. The van der Waals surface area contributed by atoms with Crippen molar-refractivity contribution in [1.82, 2.24) is 0 Å². The fraction of sp³-hybridized carbons (Fsp3) is 0.125. The SMILES string of the molecule is Nc1ccc2c(c1)CN=CN2. The van der Waals surface area contributed by atoms with Crippen molar-refractivity contribution in [2.24, 2.45) is 4.99 Å². The van der Waals surface area contributed by atoms with Crippen LogP contribution in [0, 0.1) is 0 Å². The summed E-state index contributed by atoms with van der Waals surface area (Å²) < 4.78 is 0. The van der Waals surface area contributed by atoms with Crippen LogP contribution < -0.4 is 11.1 Å². The molecule has 3 heteroatoms. The Kier molecular flexibility index (Phi) is 1.28. The van der Waals surface area contributed by atoms with Crippen LogP contribution in [0.1, 0.15) is 5.56 Å². The van der Waals surface area contributed by atoms with Gasteiger partial charge in [-0.25, -0.2) is 0 Å². The highest BCUT2D eigenvalue weighted by molar-refractivity contribution is 5.80. The number of anilines is 2. The number of nitrogens with zero attached hydrogens (tertiary/aromatic N) is 1. The van der Waals surface area contributed by atoms with Crippen LogP contribution in [-0.2, 0) is 6.54 Å². The molecule has 1 aromatic rings. The Morgan fingerprint density at radius 1 is 1.45 bits per heavy atom. The molecule has 0 fully saturated rings. The normalized spacial score (nSPS) is 13.8. The number of nitrogen functional groups attached to an aromatic ring is 1. The summed E-state index contributed by atoms with van der Waals surface area (Å²) in [6.45, 7) is 0.730. The Morgan fingerprint density at radius 3 is 3.27 bits per heavy atom. The van der Waals surface area contributed by atoms with E-state index in [1.807, 2.05) is 18.2 Å². The van der Waals surface area contributed by atoms with E-state index < -0.39 is 0 Å². The molecule has 0 spiro atoms. The van der Waals surface area contributed by atoms with Crippen molar-refractivity contribution in [2.75, 3.05) is 11.1 Å². The second-order valence-electron chi connectivity index (χ2n) is 2.53. The van der Waals surface area contributed by atoms with E-state index in [2.05, 4.69) is 10.3 Å². The summed E-state index contributed by atoms with van der Waals surface area (Å²) in [5.41, 5.74) is 8.66. The van der Waals surface area contributed by atoms with Crippen molar-refractivity contribution in [3.63, 3.8) is 0 Å². The maximum absolute atomic E-state index is 5.60. The predicted octanol–water partition coefficient (Wildman–Crippen LogP) is 1.22. The fourth-order valence-corrected chi connectivity index (χ4v) is 1.14. The number of aliphatic imine (C=N–C) groups is 1. The second kappa shape index (κ2) is 2.27. The van der Waals surface area contributed by atoms with Crippen LogP contribution in [-0.4, -0.2) is 6.34 Å². The Morgan fingerprint density at radius 2 is 2.36 bits per heavy atom. The van der Waals surface area contributed by atoms with Gasteiger partial charge in [0.2, 0.25) is 0 Å². The number of hydrogen-bond acceptors (Lipinski definition) is 3. The van der Waals surface area contributed by atoms with Crippen molar-refractivity contribution >= 4 is 17.7 Å². The molecule has 11 heavy (non-hydrogen) atoms. The molecule has 0 aliphatic carbocycles. The van der Waals surface area contributed by atoms with E-state index in [1.54, 1.807) is 6.34 Å². The van der Waals surface area contributed by atoms with Gasteiger partial charge in [0.15, 0.2) is 0 Å². The average molecular weight is 147 g/mol. The van der Waals surface area contributed by atoms with Gasteiger partial charge in [-0.1, -0.05) is 0 Å². The molecule has 2 rings (SSSR count). The Balaban J connectivity index is 2.48. The molecule has 0 amide bonds. The van der Waals surface area contributed by atoms with E-state index in [-0.39, 0.29) is 0 Å². The van der Waals surface area contributed by atoms with Crippen LogP contribution in [0.15, 0.2) is 23.2 Å². The first-order chi connectivity index (χ1) is 5.36. The van der Waals surface area contributed by atoms with Gasteiger partial charge in [-0.2, -0.15) is 0 Å². The molecule has 0 atom stereocenters. The molecule has 1 heterocycles. The highest BCUT2D eigenvalue weighted by Gasteiger charge is 2.03. The number of fused-ring (bicyclic) bond motifs is 1. The molecule has 3 nitrogen and oxygen atoms in total. The number of nitrogens with two attached hydrogens (primary N) is 1. The highest BCUT2D eigenvalue weighted by Crippen LogP contribution is 2.20. The first-order valence-corrected chi connectivity index (χ1v) is 3.49. The molecule has 0 saturated carbocycles. The van der Waals surface area contributed by atoms with E-state index >= 15 is 0 Å². The molecule has 0 aromatic heterocycles. The minimum Gasteiger partial charge on any atom is -0.399 e. The van der Waals surface area contributed by atoms with Gasteiger partial charge in [-0.15, -0.1) is 0 Å². The number of hydrogen-bond donors (Lipinski definition) is 2. The van der Waals surface area contributed by atoms with E-state index in [0.717, 1.165) is 23.5 Å². The van der Waals surface area contributed by atoms with Crippen molar-refractivity contribution in [3.05, 3.63) is 23.8 Å². The van der Waals surface area contributed by atoms with Gasteiger partial charge in [0.05, 0.1) is 12.9 Å². The number of benzene rings is 1. The zero-order valence-electron chi connectivity index (χ0n) is 6.04. The number of rotatable bonds is 0. The first-order valence-electron chi connectivity index (χ1n) is 3.49. The molecule has 0 unspecified atom stereocenters. The summed E-state index contributed by atoms with van der Waals surface area (Å²) >= 11 is 0. The second-order valence-corrected chi connectivity index (χ2v) is 2.53. The molecule has 0 bridgehead atoms. The third-order valence-electron chi connectivity index (χ3n) is 1.70. The van der Waals surface area contributed by atoms with E-state index in [0.29, 0.717) is 0 Å². The van der Waals surface area contributed by atoms with Crippen LogP contribution in [0.2, 0.25) is 0 Å². The molecular weight excluding hydrogens is 138 g/mol. The van der Waals surface area contributed by atoms with Crippen molar-refractivity contribution in [1.29, 1.82) is 0 Å². The lowest BCUT2D eigenvalue weighted by Crippen LogP contribution is -2.05. The van der Waals surface area contributed by atoms with Crippen LogP contribution in [0.3, 0.4) is 0 Å². The quantitative estimate of drug-likeness (QED) is 0.542. The average Bonchev–Trinajstić information content (AvgIpc) is 2.04. The molecule has 1 aromatic carbocycles. The van der Waals surface area contributed by atoms with E-state index in [4.69, 9.17) is 5.73 Å². The minimum absolute atomic E-state index is 0.730. The van der Waals surface area contributed by atoms with Crippen LogP contribution in [0.4, 0.5) is 11.4 Å². The van der Waals surface area contributed by atoms with E-state index in [1.165, 1.54) is 0 Å². The standard InChI is InChI=1S/C8H9N3/c9-7-1-2-8-6(3-7)4-10-5-11-8/h1-3,5H,4,9H2,(H,10,11). The van der Waals surface area contributed by atoms with Gasteiger partial charge in [-0.05, 0) is 23.8 Å². The van der Waals surface area contributed by atoms with Crippen LogP contribution >= 0.6 is 0 Å². The van der Waals surface area contributed by atoms with E-state index in [9.17, 15) is 0 Å². The van der Waals surface area contributed by atoms with Crippen molar-refractivity contribution in [2.45, 2.75) is 6.54 Å². The van der Waals surface area contributed by atoms with Crippen LogP contribution in [0.5, 0.6) is 0 Å². The summed E-state index contributed by atoms with van der Waals surface area (Å²) in [6.07, 6.45) is 1.71. The topological polar surface area (TPSA) is 50.4 Å². The van der Waals surface area contributed by atoms with Gasteiger partial charge in [-0.3, -0.25) is 4.99 Å². The molecule has 1 aliphatic heterocycles. The third-order valence-corrected chi connectivity index (χ3v) is 1.70. The largest absolute Gasteiger partial charge is 0.399 e. The van der Waals surface area contributed by atoms with Gasteiger partial charge in [0, 0.05) is 11.4 Å². The lowest BCUT2D eigenvalue weighted by molar-refractivity contribution is 1.06. The Hall–Kier alpha value is -1.51. The van der Waals surface area contributed by atoms with Gasteiger partial charge < -0.3 is 11.1 Å². The molecule has 3 N–H and O–H groups in total. The summed E-state index contributed by atoms with van der Waals surface area (Å²) in [5.74, 6) is 0. The summed E-state index contributed by atoms with van der Waals surface area (Å²) in [7, 11) is 0. The third kappa shape index (κ3) is 1.05. The summed E-state index contributed by atoms with van der Waals surface area (Å²) in [6, 6.07) is 5.79. The summed E-state index contributed by atoms with van der Waals surface area (Å²) in [4.78, 5) is 4.07. The van der Waals surface area contributed by atoms with Crippen molar-refractivity contribution in [3.8, 4) is 0 Å². The zero-order valence-corrected chi connectivity index (χ0v) is 6.04. The molecule has 56 valence electrons. The first kappa shape index (κ1) is 6.22. The molecule has 0 radical (unpaired) electrons. The smallest absolute Gasteiger partial charge is 0.0872 e. The monoisotopic (exact) mass is 147 g/mol. The Labute approximate surface area is 64.9 Å². The molecule has 0 saturated heterocycles. The van der Waals surface area contributed by atoms with Gasteiger partial charge >= 0.3 is 0 Å². The van der Waals surface area contributed by atoms with Crippen molar-refractivity contribution < 1.29 is 0 Å². The maximum atomic E-state index is 5.60. The van der Waals surface area contributed by atoms with Gasteiger partial charge in [0.1, 0.15) is 0 Å². The molecular formula is C8H9N3. The van der Waals surface area contributed by atoms with Crippen LogP contribution in [0.25, 0.3) is 0 Å². The lowest BCUT2D eigenvalue weighted by atomic mass is 10.1. The lowest BCUT2D eigenvalue weighted by Gasteiger charge is -2.11. The van der Waals surface area contributed by atoms with Gasteiger partial charge in [0.25, 0.3) is 0 Å². The minimum atomic E-state index is 0.730. The zero-order chi connectivity index (χ0) is 7.68. The highest BCUT2D eigenvalue weighted by atomic mass is 15.0. The summed E-state index contributed by atoms with van der Waals surface area (Å²) in [5, 5.41) is 3.04. The Bertz CT molecular complexity index is 304.